The summed E-state index contributed by atoms with van der Waals surface area (Å²) in [5.74, 6) is -0.0845. The van der Waals surface area contributed by atoms with Crippen LogP contribution in [0.1, 0.15) is 0 Å². The number of aromatic amines is 2. The van der Waals surface area contributed by atoms with Crippen molar-refractivity contribution in [1.29, 1.82) is 5.53 Å². The predicted molar refractivity (Wildman–Crippen MR) is 40.2 cm³/mol. The Labute approximate surface area is 68.3 Å². The van der Waals surface area contributed by atoms with Crippen LogP contribution >= 0.6 is 15.9 Å². The summed E-state index contributed by atoms with van der Waals surface area (Å²) in [6, 6.07) is 0. The molecule has 1 aromatic rings. The average molecular weight is 219 g/mol. The lowest BCUT2D eigenvalue weighted by molar-refractivity contribution is 0.978. The lowest BCUT2D eigenvalue weighted by Crippen LogP contribution is -2.21. The quantitative estimate of drug-likeness (QED) is 0.598. The van der Waals surface area contributed by atoms with E-state index < -0.39 is 11.2 Å². The van der Waals surface area contributed by atoms with Crippen LogP contribution in [0.4, 0.5) is 5.82 Å². The molecule has 0 unspecified atom stereocenters. The number of hydrogen-bond donors (Lipinski definition) is 3. The van der Waals surface area contributed by atoms with Crippen LogP contribution in [0.15, 0.2) is 19.2 Å². The Balaban J connectivity index is 3.61. The zero-order valence-electron chi connectivity index (χ0n) is 5.14. The lowest BCUT2D eigenvalue weighted by atomic mass is 10.6. The molecule has 0 atom stereocenters. The van der Waals surface area contributed by atoms with E-state index in [4.69, 9.17) is 5.53 Å². The Morgan fingerprint density at radius 2 is 2.00 bits per heavy atom. The molecule has 1 rings (SSSR count). The first-order valence-electron chi connectivity index (χ1n) is 2.54. The summed E-state index contributed by atoms with van der Waals surface area (Å²) in [4.78, 5) is 25.4. The molecule has 0 radical (unpaired) electrons. The number of nitrogens with one attached hydrogen (secondary N) is 3. The molecule has 7 heteroatoms. The molecule has 3 N–H and O–H groups in total. The van der Waals surface area contributed by atoms with Crippen molar-refractivity contribution in [1.82, 2.24) is 9.97 Å². The summed E-state index contributed by atoms with van der Waals surface area (Å²) in [6.45, 7) is 0. The van der Waals surface area contributed by atoms with Crippen molar-refractivity contribution in [2.24, 2.45) is 5.11 Å². The van der Waals surface area contributed by atoms with Crippen molar-refractivity contribution in [2.45, 2.75) is 0 Å². The SMILES string of the molecule is N=Nc1[nH]c(=O)[nH]c(=O)c1Br. The molecule has 6 nitrogen and oxygen atoms in total. The summed E-state index contributed by atoms with van der Waals surface area (Å²) in [7, 11) is 0. The number of aromatic nitrogens is 2. The number of rotatable bonds is 1. The van der Waals surface area contributed by atoms with Crippen molar-refractivity contribution in [3.63, 3.8) is 0 Å². The van der Waals surface area contributed by atoms with E-state index in [9.17, 15) is 9.59 Å². The van der Waals surface area contributed by atoms with Gasteiger partial charge in [-0.25, -0.2) is 10.3 Å². The van der Waals surface area contributed by atoms with E-state index in [1.165, 1.54) is 0 Å². The van der Waals surface area contributed by atoms with E-state index in [1.807, 2.05) is 4.98 Å². The average Bonchev–Trinajstić information content (AvgIpc) is 1.96. The second-order valence-corrected chi connectivity index (χ2v) is 2.48. The van der Waals surface area contributed by atoms with Crippen molar-refractivity contribution >= 4 is 21.7 Å². The van der Waals surface area contributed by atoms with Gasteiger partial charge in [0.05, 0.1) is 0 Å². The standard InChI is InChI=1S/C4H3BrN4O2/c5-1-2(9-6)7-4(11)8-3(1)10/h6H,(H2,7,8,10,11). The Kier molecular flexibility index (Phi) is 1.99. The lowest BCUT2D eigenvalue weighted by Gasteiger charge is -1.91. The summed E-state index contributed by atoms with van der Waals surface area (Å²) >= 11 is 2.85. The third kappa shape index (κ3) is 1.43. The zero-order chi connectivity index (χ0) is 8.43. The fourth-order valence-electron chi connectivity index (χ4n) is 0.536. The van der Waals surface area contributed by atoms with E-state index in [0.717, 1.165) is 0 Å². The molecule has 1 aromatic heterocycles. The first-order valence-corrected chi connectivity index (χ1v) is 3.34. The van der Waals surface area contributed by atoms with Gasteiger partial charge in [0.1, 0.15) is 4.47 Å². The Bertz CT molecular complexity index is 392. The molecule has 0 spiro atoms. The summed E-state index contributed by atoms with van der Waals surface area (Å²) in [6.07, 6.45) is 0. The maximum atomic E-state index is 10.8. The van der Waals surface area contributed by atoms with Gasteiger partial charge in [0, 0.05) is 0 Å². The van der Waals surface area contributed by atoms with Gasteiger partial charge in [0.15, 0.2) is 5.82 Å². The molecular weight excluding hydrogens is 216 g/mol. The first-order chi connectivity index (χ1) is 5.15. The highest BCUT2D eigenvalue weighted by Crippen LogP contribution is 2.14. The van der Waals surface area contributed by atoms with Gasteiger partial charge in [0.25, 0.3) is 5.56 Å². The molecule has 0 aromatic carbocycles. The van der Waals surface area contributed by atoms with E-state index >= 15 is 0 Å². The van der Waals surface area contributed by atoms with Crippen LogP contribution in [0, 0.1) is 5.53 Å². The van der Waals surface area contributed by atoms with Crippen LogP contribution in [0.2, 0.25) is 0 Å². The largest absolute Gasteiger partial charge is 0.327 e. The van der Waals surface area contributed by atoms with Gasteiger partial charge in [-0.2, -0.15) is 0 Å². The number of H-pyrrole nitrogens is 2. The molecule has 0 aliphatic rings. The van der Waals surface area contributed by atoms with Gasteiger partial charge >= 0.3 is 5.69 Å². The van der Waals surface area contributed by atoms with E-state index in [1.54, 1.807) is 0 Å². The number of halogens is 1. The second-order valence-electron chi connectivity index (χ2n) is 1.68. The van der Waals surface area contributed by atoms with Crippen LogP contribution in [0.25, 0.3) is 0 Å². The fourth-order valence-corrected chi connectivity index (χ4v) is 0.823. The Morgan fingerprint density at radius 1 is 1.36 bits per heavy atom. The molecule has 0 amide bonds. The fraction of sp³-hybridized carbons (Fsp3) is 0. The molecule has 11 heavy (non-hydrogen) atoms. The highest BCUT2D eigenvalue weighted by molar-refractivity contribution is 9.10. The van der Waals surface area contributed by atoms with Gasteiger partial charge in [-0.1, -0.05) is 0 Å². The number of nitrogens with zero attached hydrogens (tertiary/aromatic N) is 1. The minimum Gasteiger partial charge on any atom is -0.289 e. The Morgan fingerprint density at radius 3 is 2.55 bits per heavy atom. The minimum absolute atomic E-state index is 0.0482. The minimum atomic E-state index is -0.677. The van der Waals surface area contributed by atoms with E-state index in [0.29, 0.717) is 0 Å². The van der Waals surface area contributed by atoms with Gasteiger partial charge in [-0.3, -0.25) is 14.8 Å². The van der Waals surface area contributed by atoms with Gasteiger partial charge < -0.3 is 0 Å². The molecule has 58 valence electrons. The van der Waals surface area contributed by atoms with E-state index in [-0.39, 0.29) is 10.3 Å². The highest BCUT2D eigenvalue weighted by Gasteiger charge is 2.03. The molecular formula is C4H3BrN4O2. The maximum Gasteiger partial charge on any atom is 0.327 e. The maximum absolute atomic E-state index is 10.8. The smallest absolute Gasteiger partial charge is 0.289 e. The second kappa shape index (κ2) is 2.79. The van der Waals surface area contributed by atoms with Gasteiger partial charge in [0.2, 0.25) is 0 Å². The van der Waals surface area contributed by atoms with E-state index in [2.05, 4.69) is 26.0 Å². The van der Waals surface area contributed by atoms with Crippen LogP contribution < -0.4 is 11.2 Å². The number of hydrogen-bond acceptors (Lipinski definition) is 4. The van der Waals surface area contributed by atoms with Crippen LogP contribution in [-0.4, -0.2) is 9.97 Å². The topological polar surface area (TPSA) is 102 Å². The monoisotopic (exact) mass is 218 g/mol. The zero-order valence-corrected chi connectivity index (χ0v) is 6.73. The third-order valence-electron chi connectivity index (χ3n) is 0.978. The van der Waals surface area contributed by atoms with Gasteiger partial charge in [-0.15, -0.1) is 5.11 Å². The molecule has 0 fully saturated rings. The van der Waals surface area contributed by atoms with Crippen molar-refractivity contribution in [3.8, 4) is 0 Å². The van der Waals surface area contributed by atoms with Crippen LogP contribution in [0.5, 0.6) is 0 Å². The van der Waals surface area contributed by atoms with Crippen LogP contribution in [0.3, 0.4) is 0 Å². The normalized spacial score (nSPS) is 9.55. The molecule has 0 saturated carbocycles. The van der Waals surface area contributed by atoms with Gasteiger partial charge in [-0.05, 0) is 15.9 Å². The molecule has 0 saturated heterocycles. The highest BCUT2D eigenvalue weighted by atomic mass is 79.9. The van der Waals surface area contributed by atoms with Crippen molar-refractivity contribution < 1.29 is 0 Å². The predicted octanol–water partition coefficient (Wildman–Crippen LogP) is 0.488. The molecule has 1 heterocycles. The Hall–Kier alpha value is -1.24. The van der Waals surface area contributed by atoms with Crippen molar-refractivity contribution in [2.75, 3.05) is 0 Å². The summed E-state index contributed by atoms with van der Waals surface area (Å²) in [5, 5.41) is 2.92. The molecule has 0 bridgehead atoms. The summed E-state index contributed by atoms with van der Waals surface area (Å²) < 4.78 is 0.0482. The molecule has 0 aliphatic carbocycles. The van der Waals surface area contributed by atoms with Crippen molar-refractivity contribution in [3.05, 3.63) is 25.3 Å². The summed E-state index contributed by atoms with van der Waals surface area (Å²) in [5.41, 5.74) is 5.28. The van der Waals surface area contributed by atoms with Crippen LogP contribution in [-0.2, 0) is 0 Å². The third-order valence-corrected chi connectivity index (χ3v) is 1.71. The first kappa shape index (κ1) is 7.86. The molecule has 0 aliphatic heterocycles.